The summed E-state index contributed by atoms with van der Waals surface area (Å²) in [4.78, 5) is 4.18. The molecule has 1 aromatic heterocycles. The second-order valence-electron chi connectivity index (χ2n) is 3.48. The lowest BCUT2D eigenvalue weighted by atomic mass is 10.1. The van der Waals surface area contributed by atoms with E-state index >= 15 is 0 Å². The zero-order valence-corrected chi connectivity index (χ0v) is 9.08. The number of halogens is 1. The minimum atomic E-state index is 1.03. The highest BCUT2D eigenvalue weighted by Gasteiger charge is 2.19. The fraction of sp³-hybridized carbons (Fsp3) is 0.0833. The van der Waals surface area contributed by atoms with Crippen LogP contribution in [-0.2, 0) is 6.42 Å². The summed E-state index contributed by atoms with van der Waals surface area (Å²) in [6.45, 7) is 0. The van der Waals surface area contributed by atoms with Gasteiger partial charge < -0.3 is 0 Å². The van der Waals surface area contributed by atoms with Crippen molar-refractivity contribution in [3.63, 3.8) is 0 Å². The first-order valence-corrected chi connectivity index (χ1v) is 5.36. The molecule has 0 radical (unpaired) electrons. The van der Waals surface area contributed by atoms with Crippen LogP contribution in [0.5, 0.6) is 0 Å². The summed E-state index contributed by atoms with van der Waals surface area (Å²) in [5.74, 6) is 0. The molecule has 14 heavy (non-hydrogen) atoms. The maximum Gasteiger partial charge on any atom is 0.0349 e. The molecule has 1 aliphatic carbocycles. The van der Waals surface area contributed by atoms with Crippen molar-refractivity contribution in [2.24, 2.45) is 0 Å². The molecule has 0 bridgehead atoms. The van der Waals surface area contributed by atoms with Gasteiger partial charge in [0.15, 0.2) is 0 Å². The Morgan fingerprint density at radius 1 is 1.14 bits per heavy atom. The molecule has 0 aliphatic heterocycles. The van der Waals surface area contributed by atoms with Crippen molar-refractivity contribution in [1.82, 2.24) is 4.98 Å². The van der Waals surface area contributed by atoms with Crippen molar-refractivity contribution < 1.29 is 0 Å². The Morgan fingerprint density at radius 2 is 2.07 bits per heavy atom. The van der Waals surface area contributed by atoms with Crippen molar-refractivity contribution >= 4 is 15.9 Å². The average Bonchev–Trinajstić information content (AvgIpc) is 2.57. The van der Waals surface area contributed by atoms with E-state index < -0.39 is 0 Å². The third-order valence-electron chi connectivity index (χ3n) is 2.66. The minimum absolute atomic E-state index is 1.03. The SMILES string of the molecule is Brc1cccc2c1-c1cnccc1C2. The Balaban J connectivity index is 2.35. The second kappa shape index (κ2) is 2.92. The van der Waals surface area contributed by atoms with Crippen LogP contribution in [0.2, 0.25) is 0 Å². The molecular weight excluding hydrogens is 238 g/mol. The summed E-state index contributed by atoms with van der Waals surface area (Å²) in [7, 11) is 0. The van der Waals surface area contributed by atoms with Gasteiger partial charge in [-0.25, -0.2) is 0 Å². The van der Waals surface area contributed by atoms with Crippen LogP contribution >= 0.6 is 15.9 Å². The van der Waals surface area contributed by atoms with Gasteiger partial charge in [0.1, 0.15) is 0 Å². The summed E-state index contributed by atoms with van der Waals surface area (Å²) in [6.07, 6.45) is 4.84. The van der Waals surface area contributed by atoms with E-state index in [0.717, 1.165) is 6.42 Å². The molecule has 0 saturated carbocycles. The number of pyridine rings is 1. The first kappa shape index (κ1) is 8.18. The Hall–Kier alpha value is -1.15. The normalized spacial score (nSPS) is 12.4. The molecule has 0 fully saturated rings. The first-order chi connectivity index (χ1) is 6.86. The quantitative estimate of drug-likeness (QED) is 0.592. The van der Waals surface area contributed by atoms with E-state index in [-0.39, 0.29) is 0 Å². The van der Waals surface area contributed by atoms with Gasteiger partial charge in [-0.1, -0.05) is 28.1 Å². The molecule has 0 N–H and O–H groups in total. The molecule has 1 aromatic carbocycles. The molecule has 1 aliphatic rings. The summed E-state index contributed by atoms with van der Waals surface area (Å²) in [5, 5.41) is 0. The van der Waals surface area contributed by atoms with Crippen LogP contribution in [0.25, 0.3) is 11.1 Å². The molecular formula is C12H8BrN. The summed E-state index contributed by atoms with van der Waals surface area (Å²) < 4.78 is 1.17. The topological polar surface area (TPSA) is 12.9 Å². The molecule has 2 aromatic rings. The highest BCUT2D eigenvalue weighted by molar-refractivity contribution is 9.10. The minimum Gasteiger partial charge on any atom is -0.264 e. The molecule has 1 nitrogen and oxygen atoms in total. The smallest absolute Gasteiger partial charge is 0.0349 e. The fourth-order valence-electron chi connectivity index (χ4n) is 2.03. The Labute approximate surface area is 90.9 Å². The lowest BCUT2D eigenvalue weighted by Crippen LogP contribution is -1.79. The lowest BCUT2D eigenvalue weighted by molar-refractivity contribution is 1.23. The van der Waals surface area contributed by atoms with Crippen LogP contribution in [0.1, 0.15) is 11.1 Å². The molecule has 0 saturated heterocycles. The molecule has 0 atom stereocenters. The van der Waals surface area contributed by atoms with Crippen molar-refractivity contribution in [2.45, 2.75) is 6.42 Å². The Bertz CT molecular complexity index is 505. The third kappa shape index (κ3) is 1.04. The third-order valence-corrected chi connectivity index (χ3v) is 3.32. The van der Waals surface area contributed by atoms with E-state index in [1.165, 1.54) is 26.7 Å². The van der Waals surface area contributed by atoms with E-state index in [9.17, 15) is 0 Å². The van der Waals surface area contributed by atoms with Crippen molar-refractivity contribution in [1.29, 1.82) is 0 Å². The Morgan fingerprint density at radius 3 is 3.00 bits per heavy atom. The predicted octanol–water partition coefficient (Wildman–Crippen LogP) is 3.42. The number of hydrogen-bond donors (Lipinski definition) is 0. The average molecular weight is 246 g/mol. The van der Waals surface area contributed by atoms with Gasteiger partial charge in [-0.3, -0.25) is 4.98 Å². The van der Waals surface area contributed by atoms with Crippen LogP contribution in [0, 0.1) is 0 Å². The van der Waals surface area contributed by atoms with Crippen LogP contribution in [0.15, 0.2) is 41.1 Å². The molecule has 0 amide bonds. The largest absolute Gasteiger partial charge is 0.264 e. The summed E-state index contributed by atoms with van der Waals surface area (Å²) in [6, 6.07) is 8.45. The van der Waals surface area contributed by atoms with Gasteiger partial charge in [-0.05, 0) is 29.7 Å². The molecule has 1 heterocycles. The van der Waals surface area contributed by atoms with Crippen molar-refractivity contribution in [3.8, 4) is 11.1 Å². The van der Waals surface area contributed by atoms with Crippen LogP contribution in [0.4, 0.5) is 0 Å². The zero-order chi connectivity index (χ0) is 9.54. The van der Waals surface area contributed by atoms with Gasteiger partial charge in [-0.2, -0.15) is 0 Å². The van der Waals surface area contributed by atoms with E-state index in [2.05, 4.69) is 45.2 Å². The van der Waals surface area contributed by atoms with Gasteiger partial charge in [0.05, 0.1) is 0 Å². The van der Waals surface area contributed by atoms with E-state index in [0.29, 0.717) is 0 Å². The molecule has 0 spiro atoms. The highest BCUT2D eigenvalue weighted by Crippen LogP contribution is 2.40. The maximum absolute atomic E-state index is 4.18. The molecule has 0 unspecified atom stereocenters. The van der Waals surface area contributed by atoms with Crippen molar-refractivity contribution in [3.05, 3.63) is 52.3 Å². The standard InChI is InChI=1S/C12H8BrN/c13-11-3-1-2-9-6-8-4-5-14-7-10(8)12(9)11/h1-5,7H,6H2. The number of hydrogen-bond acceptors (Lipinski definition) is 1. The van der Waals surface area contributed by atoms with Gasteiger partial charge >= 0.3 is 0 Å². The molecule has 68 valence electrons. The second-order valence-corrected chi connectivity index (χ2v) is 4.34. The number of benzene rings is 1. The van der Waals surface area contributed by atoms with Crippen LogP contribution in [0.3, 0.4) is 0 Å². The number of aromatic nitrogens is 1. The van der Waals surface area contributed by atoms with Gasteiger partial charge in [0, 0.05) is 28.0 Å². The van der Waals surface area contributed by atoms with Crippen LogP contribution in [-0.4, -0.2) is 4.98 Å². The van der Waals surface area contributed by atoms with Gasteiger partial charge in [-0.15, -0.1) is 0 Å². The molecule has 2 heteroatoms. The number of rotatable bonds is 0. The first-order valence-electron chi connectivity index (χ1n) is 4.57. The number of nitrogens with zero attached hydrogens (tertiary/aromatic N) is 1. The highest BCUT2D eigenvalue weighted by atomic mass is 79.9. The van der Waals surface area contributed by atoms with Gasteiger partial charge in [0.25, 0.3) is 0 Å². The zero-order valence-electron chi connectivity index (χ0n) is 7.50. The predicted molar refractivity (Wildman–Crippen MR) is 60.2 cm³/mol. The maximum atomic E-state index is 4.18. The van der Waals surface area contributed by atoms with Crippen molar-refractivity contribution in [2.75, 3.05) is 0 Å². The van der Waals surface area contributed by atoms with E-state index in [1.54, 1.807) is 0 Å². The monoisotopic (exact) mass is 245 g/mol. The van der Waals surface area contributed by atoms with E-state index in [4.69, 9.17) is 0 Å². The lowest BCUT2D eigenvalue weighted by Gasteiger charge is -2.02. The van der Waals surface area contributed by atoms with Gasteiger partial charge in [0.2, 0.25) is 0 Å². The summed E-state index contributed by atoms with van der Waals surface area (Å²) >= 11 is 3.59. The summed E-state index contributed by atoms with van der Waals surface area (Å²) in [5.41, 5.74) is 5.36. The Kier molecular flexibility index (Phi) is 1.71. The molecule has 3 rings (SSSR count). The van der Waals surface area contributed by atoms with E-state index in [1.807, 2.05) is 12.4 Å². The fourth-order valence-corrected chi connectivity index (χ4v) is 2.65. The number of fused-ring (bicyclic) bond motifs is 3. The van der Waals surface area contributed by atoms with Crippen LogP contribution < -0.4 is 0 Å².